The van der Waals surface area contributed by atoms with Crippen LogP contribution in [0.2, 0.25) is 10.0 Å². The van der Waals surface area contributed by atoms with Gasteiger partial charge in [0, 0.05) is 23.8 Å². The maximum Gasteiger partial charge on any atom is 0.417 e. The van der Waals surface area contributed by atoms with E-state index in [0.717, 1.165) is 0 Å². The lowest BCUT2D eigenvalue weighted by atomic mass is 10.2. The number of amides is 2. The first-order valence-electron chi connectivity index (χ1n) is 10.9. The van der Waals surface area contributed by atoms with Crippen molar-refractivity contribution in [3.63, 3.8) is 0 Å². The molecule has 0 saturated heterocycles. The summed E-state index contributed by atoms with van der Waals surface area (Å²) in [7, 11) is 3.10. The molecule has 2 heterocycles. The van der Waals surface area contributed by atoms with Crippen molar-refractivity contribution in [3.8, 4) is 0 Å². The molecule has 0 aliphatic carbocycles. The number of likely N-dealkylation sites (N-methyl/N-ethyl adjacent to an activating group) is 1. The van der Waals surface area contributed by atoms with E-state index in [1.54, 1.807) is 38.2 Å². The van der Waals surface area contributed by atoms with Crippen molar-refractivity contribution in [2.75, 3.05) is 30.9 Å². The number of carbonyl (C=O) groups excluding carboxylic acids is 3. The van der Waals surface area contributed by atoms with Gasteiger partial charge in [-0.05, 0) is 70.1 Å². The van der Waals surface area contributed by atoms with Gasteiger partial charge in [0.05, 0.1) is 21.7 Å². The summed E-state index contributed by atoms with van der Waals surface area (Å²) in [6.07, 6.45) is -0.186. The maximum atomic E-state index is 12.9. The monoisotopic (exact) mass is 690 g/mol. The van der Waals surface area contributed by atoms with Crippen LogP contribution < -0.4 is 15.5 Å². The molecule has 1 atom stereocenters. The highest BCUT2D eigenvalue weighted by Gasteiger charge is 2.26. The number of hydrogen-bond acceptors (Lipinski definition) is 8. The molecule has 1 unspecified atom stereocenters. The third kappa shape index (κ3) is 7.23. The molecule has 2 amide bonds. The van der Waals surface area contributed by atoms with E-state index in [1.165, 1.54) is 28.9 Å². The summed E-state index contributed by atoms with van der Waals surface area (Å²) in [4.78, 5) is 42.9. The number of nitrogens with zero attached hydrogens (tertiary/aromatic N) is 4. The number of aromatic nitrogens is 3. The maximum absolute atomic E-state index is 12.9. The highest BCUT2D eigenvalue weighted by atomic mass is 79.9. The molecular weight excluding hydrogens is 671 g/mol. The molecule has 2 aromatic heterocycles. The molecule has 3 rings (SSSR count). The van der Waals surface area contributed by atoms with Crippen LogP contribution in [0.1, 0.15) is 29.2 Å². The van der Waals surface area contributed by atoms with Crippen LogP contribution in [0.15, 0.2) is 45.6 Å². The predicted molar refractivity (Wildman–Crippen MR) is 150 cm³/mol. The third-order valence-electron chi connectivity index (χ3n) is 4.98. The average Bonchev–Trinajstić information content (AvgIpc) is 3.18. The first-order valence-corrected chi connectivity index (χ1v) is 13.3. The summed E-state index contributed by atoms with van der Waals surface area (Å²) in [5.74, 6) is -0.752. The number of anilines is 2. The van der Waals surface area contributed by atoms with Crippen molar-refractivity contribution in [2.24, 2.45) is 0 Å². The van der Waals surface area contributed by atoms with Crippen molar-refractivity contribution in [1.29, 1.82) is 0 Å². The number of carbonyl (C=O) groups is 3. The van der Waals surface area contributed by atoms with Crippen molar-refractivity contribution >= 4 is 84.5 Å². The van der Waals surface area contributed by atoms with E-state index in [1.807, 2.05) is 0 Å². The lowest BCUT2D eigenvalue weighted by Gasteiger charge is -2.22. The fourth-order valence-corrected chi connectivity index (χ4v) is 4.56. The fourth-order valence-electron chi connectivity index (χ4n) is 3.11. The van der Waals surface area contributed by atoms with Crippen molar-refractivity contribution in [2.45, 2.75) is 19.8 Å². The van der Waals surface area contributed by atoms with Gasteiger partial charge in [-0.3, -0.25) is 14.5 Å². The Balaban J connectivity index is 1.73. The summed E-state index contributed by atoms with van der Waals surface area (Å²) in [5.41, 5.74) is 0.879. The van der Waals surface area contributed by atoms with Gasteiger partial charge < -0.3 is 20.1 Å². The number of ether oxygens (including phenoxy) is 2. The van der Waals surface area contributed by atoms with E-state index in [9.17, 15) is 14.4 Å². The Morgan fingerprint density at radius 1 is 1.21 bits per heavy atom. The highest BCUT2D eigenvalue weighted by molar-refractivity contribution is 9.13. The van der Waals surface area contributed by atoms with Gasteiger partial charge in [0.2, 0.25) is 0 Å². The van der Waals surface area contributed by atoms with Gasteiger partial charge in [-0.15, -0.1) is 0 Å². The minimum Gasteiger partial charge on any atom is -0.460 e. The largest absolute Gasteiger partial charge is 0.460 e. The number of esters is 1. The van der Waals surface area contributed by atoms with E-state index < -0.39 is 24.2 Å². The predicted octanol–water partition coefficient (Wildman–Crippen LogP) is 5.42. The molecular formula is C23H22Br2Cl2N6O5. The fraction of sp³-hybridized carbons (Fsp3) is 0.261. The zero-order chi connectivity index (χ0) is 28.0. The molecule has 2 N–H and O–H groups in total. The van der Waals surface area contributed by atoms with Gasteiger partial charge >= 0.3 is 12.1 Å². The summed E-state index contributed by atoms with van der Waals surface area (Å²) < 4.78 is 12.8. The van der Waals surface area contributed by atoms with Crippen LogP contribution >= 0.6 is 55.1 Å². The summed E-state index contributed by atoms with van der Waals surface area (Å²) in [6, 6.07) is 8.00. The van der Waals surface area contributed by atoms with Gasteiger partial charge in [0.25, 0.3) is 5.91 Å². The number of nitrogens with one attached hydrogen (secondary N) is 2. The molecule has 0 aliphatic rings. The van der Waals surface area contributed by atoms with Crippen molar-refractivity contribution < 1.29 is 23.9 Å². The van der Waals surface area contributed by atoms with Crippen LogP contribution in [0, 0.1) is 0 Å². The average molecular weight is 693 g/mol. The van der Waals surface area contributed by atoms with E-state index >= 15 is 0 Å². The van der Waals surface area contributed by atoms with Crippen LogP contribution in [0.5, 0.6) is 0 Å². The van der Waals surface area contributed by atoms with Gasteiger partial charge in [-0.2, -0.15) is 5.10 Å². The van der Waals surface area contributed by atoms with Gasteiger partial charge in [-0.1, -0.05) is 29.3 Å². The summed E-state index contributed by atoms with van der Waals surface area (Å²) >= 11 is 18.8. The summed E-state index contributed by atoms with van der Waals surface area (Å²) in [5, 5.41) is 10.3. The quantitative estimate of drug-likeness (QED) is 0.285. The molecule has 15 heteroatoms. The Kier molecular flexibility index (Phi) is 10.5. The Morgan fingerprint density at radius 3 is 2.63 bits per heavy atom. The van der Waals surface area contributed by atoms with Crippen LogP contribution in [0.25, 0.3) is 0 Å². The Bertz CT molecular complexity index is 1360. The second-order valence-electron chi connectivity index (χ2n) is 7.70. The molecule has 3 aromatic rings. The third-order valence-corrected chi connectivity index (χ3v) is 7.57. The molecule has 38 heavy (non-hydrogen) atoms. The summed E-state index contributed by atoms with van der Waals surface area (Å²) in [6.45, 7) is 1.54. The Hall–Kier alpha value is -2.71. The van der Waals surface area contributed by atoms with E-state index in [2.05, 4.69) is 52.6 Å². The lowest BCUT2D eigenvalue weighted by molar-refractivity contribution is -0.143. The zero-order valence-electron chi connectivity index (χ0n) is 20.3. The molecule has 1 aromatic carbocycles. The smallest absolute Gasteiger partial charge is 0.417 e. The Labute approximate surface area is 245 Å². The van der Waals surface area contributed by atoms with E-state index in [4.69, 9.17) is 32.7 Å². The molecule has 202 valence electrons. The van der Waals surface area contributed by atoms with E-state index in [-0.39, 0.29) is 29.7 Å². The first kappa shape index (κ1) is 29.8. The molecule has 0 bridgehead atoms. The number of halogens is 4. The normalized spacial score (nSPS) is 11.6. The number of hydrogen-bond donors (Lipinski definition) is 2. The SMILES string of the molecule is CNCC(=O)OCc1cccnc1N(C)C(=O)OC(C)n1nc(C(=O)Nc2ccc(Cl)cc2Cl)c(Br)c1Br. The molecule has 11 nitrogen and oxygen atoms in total. The lowest BCUT2D eigenvalue weighted by Crippen LogP contribution is -2.31. The standard InChI is InChI=1S/C23H22Br2Cl2N6O5/c1-12(38-23(36)32(3)21-13(5-4-8-29-21)11-37-17(34)10-28-2)33-20(25)18(24)19(31-33)22(35)30-16-7-6-14(26)9-15(16)27/h4-9,12,28H,10-11H2,1-3H3,(H,30,35). The van der Waals surface area contributed by atoms with Gasteiger partial charge in [0.15, 0.2) is 11.9 Å². The second-order valence-corrected chi connectivity index (χ2v) is 10.1. The number of pyridine rings is 1. The molecule has 0 fully saturated rings. The van der Waals surface area contributed by atoms with Crippen LogP contribution in [-0.2, 0) is 20.9 Å². The zero-order valence-corrected chi connectivity index (χ0v) is 25.0. The van der Waals surface area contributed by atoms with Crippen LogP contribution in [-0.4, -0.2) is 53.4 Å². The van der Waals surface area contributed by atoms with E-state index in [0.29, 0.717) is 25.3 Å². The van der Waals surface area contributed by atoms with Crippen molar-refractivity contribution in [1.82, 2.24) is 20.1 Å². The van der Waals surface area contributed by atoms with Gasteiger partial charge in [0.1, 0.15) is 17.0 Å². The molecule has 0 saturated carbocycles. The molecule has 0 aliphatic heterocycles. The minimum absolute atomic E-state index is 0.0227. The van der Waals surface area contributed by atoms with Crippen LogP contribution in [0.3, 0.4) is 0 Å². The first-order chi connectivity index (χ1) is 18.0. The minimum atomic E-state index is -0.933. The van der Waals surface area contributed by atoms with Gasteiger partial charge in [-0.25, -0.2) is 14.5 Å². The molecule has 0 spiro atoms. The highest BCUT2D eigenvalue weighted by Crippen LogP contribution is 2.32. The second kappa shape index (κ2) is 13.4. The number of benzene rings is 1. The van der Waals surface area contributed by atoms with Crippen molar-refractivity contribution in [3.05, 3.63) is 66.9 Å². The molecule has 0 radical (unpaired) electrons. The number of rotatable bonds is 9. The Morgan fingerprint density at radius 2 is 1.95 bits per heavy atom. The topological polar surface area (TPSA) is 128 Å². The van der Waals surface area contributed by atoms with Crippen LogP contribution in [0.4, 0.5) is 16.3 Å².